The Hall–Kier alpha value is -0.680. The van der Waals surface area contributed by atoms with E-state index in [1.807, 2.05) is 24.3 Å². The van der Waals surface area contributed by atoms with E-state index in [2.05, 4.69) is 4.98 Å². The fraction of sp³-hybridized carbons (Fsp3) is 0.300. The number of hydrogen-bond donors (Lipinski definition) is 2. The first kappa shape index (κ1) is 12.4. The Bertz CT molecular complexity index is 399. The summed E-state index contributed by atoms with van der Waals surface area (Å²) in [4.78, 5) is 4.41. The molecule has 3 nitrogen and oxygen atoms in total. The zero-order valence-electron chi connectivity index (χ0n) is 8.09. The molecular formula is C10H13ClN2OS. The van der Waals surface area contributed by atoms with Gasteiger partial charge in [0, 0.05) is 6.61 Å². The molecule has 1 aromatic carbocycles. The van der Waals surface area contributed by atoms with Crippen molar-refractivity contribution in [1.29, 1.82) is 0 Å². The molecule has 15 heavy (non-hydrogen) atoms. The topological polar surface area (TPSA) is 59.1 Å². The Morgan fingerprint density at radius 3 is 2.80 bits per heavy atom. The lowest BCUT2D eigenvalue weighted by atomic mass is 10.2. The van der Waals surface area contributed by atoms with Crippen molar-refractivity contribution in [3.05, 3.63) is 29.3 Å². The maximum atomic E-state index is 8.77. The summed E-state index contributed by atoms with van der Waals surface area (Å²) in [5, 5.41) is 9.67. The van der Waals surface area contributed by atoms with Gasteiger partial charge >= 0.3 is 0 Å². The highest BCUT2D eigenvalue weighted by Gasteiger charge is 2.10. The third-order valence-corrected chi connectivity index (χ3v) is 3.24. The molecule has 0 amide bonds. The Labute approximate surface area is 98.4 Å². The summed E-state index contributed by atoms with van der Waals surface area (Å²) in [6.07, 6.45) is 0.569. The van der Waals surface area contributed by atoms with Gasteiger partial charge in [-0.15, -0.1) is 23.7 Å². The van der Waals surface area contributed by atoms with E-state index >= 15 is 0 Å². The Morgan fingerprint density at radius 2 is 2.13 bits per heavy atom. The van der Waals surface area contributed by atoms with Gasteiger partial charge in [0.2, 0.25) is 0 Å². The molecule has 0 saturated heterocycles. The number of fused-ring (bicyclic) bond motifs is 1. The fourth-order valence-corrected chi connectivity index (χ4v) is 2.31. The monoisotopic (exact) mass is 244 g/mol. The molecule has 0 aliphatic heterocycles. The number of thiazole rings is 1. The van der Waals surface area contributed by atoms with Crippen LogP contribution < -0.4 is 5.73 Å². The van der Waals surface area contributed by atoms with Gasteiger partial charge in [-0.3, -0.25) is 0 Å². The summed E-state index contributed by atoms with van der Waals surface area (Å²) in [5.74, 6) is 0. The van der Waals surface area contributed by atoms with Crippen LogP contribution in [0.2, 0.25) is 0 Å². The van der Waals surface area contributed by atoms with Crippen LogP contribution in [0.5, 0.6) is 0 Å². The minimum absolute atomic E-state index is 0. The van der Waals surface area contributed by atoms with E-state index in [4.69, 9.17) is 10.8 Å². The van der Waals surface area contributed by atoms with Gasteiger partial charge in [0.1, 0.15) is 5.01 Å². The zero-order valence-corrected chi connectivity index (χ0v) is 9.72. The summed E-state index contributed by atoms with van der Waals surface area (Å²) in [7, 11) is 0. The molecule has 0 radical (unpaired) electrons. The van der Waals surface area contributed by atoms with Crippen LogP contribution in [-0.4, -0.2) is 16.7 Å². The Kier molecular flexibility index (Phi) is 4.47. The number of aliphatic hydroxyl groups excluding tert-OH is 1. The van der Waals surface area contributed by atoms with Gasteiger partial charge < -0.3 is 10.8 Å². The molecule has 3 N–H and O–H groups in total. The SMILES string of the molecule is Cl.NC(CCO)c1nc2ccccc2s1. The Balaban J connectivity index is 0.00000112. The minimum Gasteiger partial charge on any atom is -0.396 e. The number of para-hydroxylation sites is 1. The van der Waals surface area contributed by atoms with Crippen molar-refractivity contribution in [2.24, 2.45) is 5.73 Å². The number of aromatic nitrogens is 1. The van der Waals surface area contributed by atoms with Gasteiger partial charge in [0.15, 0.2) is 0 Å². The summed E-state index contributed by atoms with van der Waals surface area (Å²) < 4.78 is 1.15. The smallest absolute Gasteiger partial charge is 0.111 e. The maximum absolute atomic E-state index is 8.77. The molecule has 0 aliphatic rings. The second kappa shape index (κ2) is 5.42. The minimum atomic E-state index is -0.141. The standard InChI is InChI=1S/C10H12N2OS.ClH/c11-7(5-6-13)10-12-8-3-1-2-4-9(8)14-10;/h1-4,7,13H,5-6,11H2;1H. The van der Waals surface area contributed by atoms with Gasteiger partial charge in [-0.2, -0.15) is 0 Å². The van der Waals surface area contributed by atoms with Crippen LogP contribution in [0, 0.1) is 0 Å². The highest BCUT2D eigenvalue weighted by Crippen LogP contribution is 2.26. The van der Waals surface area contributed by atoms with E-state index < -0.39 is 0 Å². The van der Waals surface area contributed by atoms with E-state index in [1.165, 1.54) is 0 Å². The molecule has 0 fully saturated rings. The predicted molar refractivity (Wildman–Crippen MR) is 65.5 cm³/mol. The quantitative estimate of drug-likeness (QED) is 0.869. The second-order valence-corrected chi connectivity index (χ2v) is 4.20. The lowest BCUT2D eigenvalue weighted by Gasteiger charge is -2.03. The van der Waals surface area contributed by atoms with Crippen LogP contribution in [0.15, 0.2) is 24.3 Å². The summed E-state index contributed by atoms with van der Waals surface area (Å²) in [6.45, 7) is 0.108. The average Bonchev–Trinajstić information content (AvgIpc) is 2.61. The van der Waals surface area contributed by atoms with Crippen LogP contribution in [0.25, 0.3) is 10.2 Å². The molecule has 0 aliphatic carbocycles. The number of nitrogens with two attached hydrogens (primary N) is 1. The molecule has 2 aromatic rings. The number of halogens is 1. The van der Waals surface area contributed by atoms with E-state index in [-0.39, 0.29) is 25.1 Å². The molecule has 0 spiro atoms. The molecule has 1 aromatic heterocycles. The van der Waals surface area contributed by atoms with E-state index in [9.17, 15) is 0 Å². The largest absolute Gasteiger partial charge is 0.396 e. The van der Waals surface area contributed by atoms with Crippen molar-refractivity contribution < 1.29 is 5.11 Å². The van der Waals surface area contributed by atoms with E-state index in [0.29, 0.717) is 6.42 Å². The molecule has 1 atom stereocenters. The Morgan fingerprint density at radius 1 is 1.40 bits per heavy atom. The lowest BCUT2D eigenvalue weighted by Crippen LogP contribution is -2.11. The van der Waals surface area contributed by atoms with Crippen molar-refractivity contribution in [1.82, 2.24) is 4.98 Å². The molecule has 82 valence electrons. The van der Waals surface area contributed by atoms with Gasteiger partial charge in [-0.1, -0.05) is 12.1 Å². The van der Waals surface area contributed by atoms with Crippen LogP contribution in [0.4, 0.5) is 0 Å². The maximum Gasteiger partial charge on any atom is 0.111 e. The van der Waals surface area contributed by atoms with Gasteiger partial charge in [-0.25, -0.2) is 4.98 Å². The van der Waals surface area contributed by atoms with Crippen molar-refractivity contribution >= 4 is 34.0 Å². The highest BCUT2D eigenvalue weighted by molar-refractivity contribution is 7.18. The van der Waals surface area contributed by atoms with Crippen LogP contribution in [-0.2, 0) is 0 Å². The molecule has 5 heteroatoms. The van der Waals surface area contributed by atoms with E-state index in [0.717, 1.165) is 15.2 Å². The molecule has 2 rings (SSSR count). The van der Waals surface area contributed by atoms with E-state index in [1.54, 1.807) is 11.3 Å². The van der Waals surface area contributed by atoms with Crippen molar-refractivity contribution in [3.8, 4) is 0 Å². The van der Waals surface area contributed by atoms with Crippen molar-refractivity contribution in [3.63, 3.8) is 0 Å². The van der Waals surface area contributed by atoms with Crippen LogP contribution in [0.3, 0.4) is 0 Å². The molecular weight excluding hydrogens is 232 g/mol. The normalized spacial score (nSPS) is 12.4. The third kappa shape index (κ3) is 2.66. The van der Waals surface area contributed by atoms with Crippen molar-refractivity contribution in [2.75, 3.05) is 6.61 Å². The molecule has 0 bridgehead atoms. The number of aliphatic hydroxyl groups is 1. The average molecular weight is 245 g/mol. The highest BCUT2D eigenvalue weighted by atomic mass is 35.5. The first-order chi connectivity index (χ1) is 6.81. The molecule has 1 heterocycles. The van der Waals surface area contributed by atoms with Crippen molar-refractivity contribution in [2.45, 2.75) is 12.5 Å². The van der Waals surface area contributed by atoms with Crippen LogP contribution in [0.1, 0.15) is 17.5 Å². The van der Waals surface area contributed by atoms with Gasteiger partial charge in [0.25, 0.3) is 0 Å². The fourth-order valence-electron chi connectivity index (χ4n) is 1.31. The third-order valence-electron chi connectivity index (χ3n) is 2.07. The first-order valence-corrected chi connectivity index (χ1v) is 5.35. The molecule has 0 saturated carbocycles. The van der Waals surface area contributed by atoms with Gasteiger partial charge in [-0.05, 0) is 18.6 Å². The van der Waals surface area contributed by atoms with Gasteiger partial charge in [0.05, 0.1) is 16.3 Å². The number of rotatable bonds is 3. The summed E-state index contributed by atoms with van der Waals surface area (Å²) >= 11 is 1.60. The van der Waals surface area contributed by atoms with Crippen LogP contribution >= 0.6 is 23.7 Å². The first-order valence-electron chi connectivity index (χ1n) is 4.53. The zero-order chi connectivity index (χ0) is 9.97. The second-order valence-electron chi connectivity index (χ2n) is 3.14. The summed E-state index contributed by atoms with van der Waals surface area (Å²) in [6, 6.07) is 7.81. The number of nitrogens with zero attached hydrogens (tertiary/aromatic N) is 1. The lowest BCUT2D eigenvalue weighted by molar-refractivity contribution is 0.276. The number of hydrogen-bond acceptors (Lipinski definition) is 4. The molecule has 1 unspecified atom stereocenters. The summed E-state index contributed by atoms with van der Waals surface area (Å²) in [5.41, 5.74) is 6.84. The predicted octanol–water partition coefficient (Wildman–Crippen LogP) is 2.10. The number of benzene rings is 1.